The summed E-state index contributed by atoms with van der Waals surface area (Å²) in [7, 11) is 0. The third-order valence-electron chi connectivity index (χ3n) is 4.54. The Morgan fingerprint density at radius 1 is 1.04 bits per heavy atom. The fraction of sp³-hybridized carbons (Fsp3) is 0.190. The molecule has 0 spiro atoms. The zero-order chi connectivity index (χ0) is 18.1. The Labute approximate surface area is 155 Å². The quantitative estimate of drug-likeness (QED) is 0.576. The van der Waals surface area contributed by atoms with Gasteiger partial charge >= 0.3 is 0 Å². The number of benzene rings is 2. The molecule has 0 unspecified atom stereocenters. The molecule has 2 heterocycles. The molecule has 5 heteroatoms. The normalized spacial score (nSPS) is 11.2. The molecule has 1 amide bonds. The van der Waals surface area contributed by atoms with Crippen LogP contribution in [0.15, 0.2) is 48.5 Å². The van der Waals surface area contributed by atoms with E-state index in [4.69, 9.17) is 4.98 Å². The number of hydrogen-bond acceptors (Lipinski definition) is 4. The van der Waals surface area contributed by atoms with E-state index in [1.807, 2.05) is 55.5 Å². The number of aryl methyl sites for hydroxylation is 1. The lowest BCUT2D eigenvalue weighted by atomic mass is 9.99. The molecule has 0 saturated carbocycles. The summed E-state index contributed by atoms with van der Waals surface area (Å²) in [5, 5.41) is 4.84. The number of para-hydroxylation sites is 2. The maximum atomic E-state index is 13.0. The van der Waals surface area contributed by atoms with E-state index in [1.54, 1.807) is 11.3 Å². The first-order valence-corrected chi connectivity index (χ1v) is 9.50. The van der Waals surface area contributed by atoms with Crippen molar-refractivity contribution in [2.45, 2.75) is 26.8 Å². The number of amides is 1. The number of pyridine rings is 1. The van der Waals surface area contributed by atoms with E-state index in [0.717, 1.165) is 43.8 Å². The molecule has 2 aromatic carbocycles. The SMILES string of the molecule is CCc1nc2ccccc2c(C(=O)NCc2nc3ccccc3s2)c1C. The third-order valence-corrected chi connectivity index (χ3v) is 5.57. The van der Waals surface area contributed by atoms with Gasteiger partial charge < -0.3 is 5.32 Å². The lowest BCUT2D eigenvalue weighted by Gasteiger charge is -2.13. The highest BCUT2D eigenvalue weighted by atomic mass is 32.1. The first-order chi connectivity index (χ1) is 12.7. The second kappa shape index (κ2) is 6.84. The molecule has 0 aliphatic rings. The summed E-state index contributed by atoms with van der Waals surface area (Å²) >= 11 is 1.61. The van der Waals surface area contributed by atoms with Gasteiger partial charge in [0.25, 0.3) is 5.91 Å². The Kier molecular flexibility index (Phi) is 4.39. The highest BCUT2D eigenvalue weighted by Gasteiger charge is 2.17. The van der Waals surface area contributed by atoms with Gasteiger partial charge in [0.05, 0.1) is 27.8 Å². The molecular formula is C21H19N3OS. The minimum absolute atomic E-state index is 0.0740. The van der Waals surface area contributed by atoms with Gasteiger partial charge in [-0.25, -0.2) is 4.98 Å². The molecule has 0 atom stereocenters. The molecule has 4 nitrogen and oxygen atoms in total. The predicted octanol–water partition coefficient (Wildman–Crippen LogP) is 4.65. The molecule has 0 fully saturated rings. The molecule has 0 aliphatic heterocycles. The van der Waals surface area contributed by atoms with Crippen molar-refractivity contribution >= 4 is 38.4 Å². The standard InChI is InChI=1S/C21H19N3OS/c1-3-15-13(2)20(14-8-4-5-9-16(14)23-15)21(25)22-12-19-24-17-10-6-7-11-18(17)26-19/h4-11H,3,12H2,1-2H3,(H,22,25). The van der Waals surface area contributed by atoms with Crippen LogP contribution < -0.4 is 5.32 Å². The molecule has 0 bridgehead atoms. The second-order valence-corrected chi connectivity index (χ2v) is 7.30. The van der Waals surface area contributed by atoms with Crippen LogP contribution in [0.3, 0.4) is 0 Å². The number of hydrogen-bond donors (Lipinski definition) is 1. The average Bonchev–Trinajstić information content (AvgIpc) is 3.08. The number of aromatic nitrogens is 2. The highest BCUT2D eigenvalue weighted by Crippen LogP contribution is 2.24. The Morgan fingerprint density at radius 3 is 2.54 bits per heavy atom. The summed E-state index contributed by atoms with van der Waals surface area (Å²) in [6.45, 7) is 4.47. The van der Waals surface area contributed by atoms with E-state index in [-0.39, 0.29) is 5.91 Å². The summed E-state index contributed by atoms with van der Waals surface area (Å²) in [5.74, 6) is -0.0740. The van der Waals surface area contributed by atoms with Gasteiger partial charge in [0.2, 0.25) is 0 Å². The van der Waals surface area contributed by atoms with Crippen molar-refractivity contribution in [1.82, 2.24) is 15.3 Å². The van der Waals surface area contributed by atoms with Crippen molar-refractivity contribution in [3.8, 4) is 0 Å². The molecular weight excluding hydrogens is 342 g/mol. The zero-order valence-electron chi connectivity index (χ0n) is 14.7. The molecule has 0 radical (unpaired) electrons. The van der Waals surface area contributed by atoms with Crippen molar-refractivity contribution in [3.05, 3.63) is 70.4 Å². The average molecular weight is 361 g/mol. The third kappa shape index (κ3) is 2.95. The van der Waals surface area contributed by atoms with Crippen LogP contribution in [-0.4, -0.2) is 15.9 Å². The second-order valence-electron chi connectivity index (χ2n) is 6.19. The monoisotopic (exact) mass is 361 g/mol. The van der Waals surface area contributed by atoms with Crippen LogP contribution in [-0.2, 0) is 13.0 Å². The van der Waals surface area contributed by atoms with Crippen molar-refractivity contribution in [2.75, 3.05) is 0 Å². The Hall–Kier alpha value is -2.79. The van der Waals surface area contributed by atoms with Gasteiger partial charge in [-0.1, -0.05) is 37.3 Å². The maximum absolute atomic E-state index is 13.0. The summed E-state index contributed by atoms with van der Waals surface area (Å²) in [6.07, 6.45) is 0.800. The summed E-state index contributed by atoms with van der Waals surface area (Å²) in [4.78, 5) is 22.3. The van der Waals surface area contributed by atoms with E-state index in [9.17, 15) is 4.79 Å². The number of rotatable bonds is 4. The largest absolute Gasteiger partial charge is 0.345 e. The van der Waals surface area contributed by atoms with E-state index in [2.05, 4.69) is 17.2 Å². The van der Waals surface area contributed by atoms with Gasteiger partial charge in [0.1, 0.15) is 5.01 Å². The Balaban J connectivity index is 1.66. The van der Waals surface area contributed by atoms with E-state index in [1.165, 1.54) is 0 Å². The van der Waals surface area contributed by atoms with Crippen molar-refractivity contribution in [2.24, 2.45) is 0 Å². The number of thiazole rings is 1. The lowest BCUT2D eigenvalue weighted by molar-refractivity contribution is 0.0951. The molecule has 4 rings (SSSR count). The van der Waals surface area contributed by atoms with Crippen LogP contribution in [0.5, 0.6) is 0 Å². The predicted molar refractivity (Wildman–Crippen MR) is 107 cm³/mol. The summed E-state index contributed by atoms with van der Waals surface area (Å²) in [6, 6.07) is 15.8. The highest BCUT2D eigenvalue weighted by molar-refractivity contribution is 7.18. The fourth-order valence-corrected chi connectivity index (χ4v) is 4.14. The first kappa shape index (κ1) is 16.7. The van der Waals surface area contributed by atoms with Crippen LogP contribution in [0, 0.1) is 6.92 Å². The van der Waals surface area contributed by atoms with Gasteiger partial charge in [0, 0.05) is 11.1 Å². The maximum Gasteiger partial charge on any atom is 0.252 e. The summed E-state index contributed by atoms with van der Waals surface area (Å²) < 4.78 is 1.13. The van der Waals surface area contributed by atoms with Crippen molar-refractivity contribution in [3.63, 3.8) is 0 Å². The summed E-state index contributed by atoms with van der Waals surface area (Å²) in [5.41, 5.74) is 4.47. The van der Waals surface area contributed by atoms with Gasteiger partial charge in [-0.2, -0.15) is 0 Å². The van der Waals surface area contributed by atoms with E-state index in [0.29, 0.717) is 12.1 Å². The van der Waals surface area contributed by atoms with Crippen molar-refractivity contribution < 1.29 is 4.79 Å². The van der Waals surface area contributed by atoms with Gasteiger partial charge in [-0.3, -0.25) is 9.78 Å². The number of fused-ring (bicyclic) bond motifs is 2. The number of carbonyl (C=O) groups is 1. The van der Waals surface area contributed by atoms with Crippen LogP contribution in [0.2, 0.25) is 0 Å². The van der Waals surface area contributed by atoms with Crippen LogP contribution >= 0.6 is 11.3 Å². The van der Waals surface area contributed by atoms with Crippen LogP contribution in [0.4, 0.5) is 0 Å². The molecule has 0 aliphatic carbocycles. The van der Waals surface area contributed by atoms with Crippen LogP contribution in [0.25, 0.3) is 21.1 Å². The minimum atomic E-state index is -0.0740. The molecule has 4 aromatic rings. The minimum Gasteiger partial charge on any atom is -0.345 e. The number of nitrogens with one attached hydrogen (secondary N) is 1. The van der Waals surface area contributed by atoms with Gasteiger partial charge in [-0.05, 0) is 37.1 Å². The number of carbonyl (C=O) groups excluding carboxylic acids is 1. The Morgan fingerprint density at radius 2 is 1.77 bits per heavy atom. The fourth-order valence-electron chi connectivity index (χ4n) is 3.23. The molecule has 26 heavy (non-hydrogen) atoms. The smallest absolute Gasteiger partial charge is 0.252 e. The number of nitrogens with zero attached hydrogens (tertiary/aromatic N) is 2. The van der Waals surface area contributed by atoms with E-state index < -0.39 is 0 Å². The first-order valence-electron chi connectivity index (χ1n) is 8.68. The molecule has 1 N–H and O–H groups in total. The van der Waals surface area contributed by atoms with E-state index >= 15 is 0 Å². The topological polar surface area (TPSA) is 54.9 Å². The Bertz CT molecular complexity index is 1080. The lowest BCUT2D eigenvalue weighted by Crippen LogP contribution is -2.24. The van der Waals surface area contributed by atoms with Gasteiger partial charge in [0.15, 0.2) is 0 Å². The zero-order valence-corrected chi connectivity index (χ0v) is 15.6. The van der Waals surface area contributed by atoms with Gasteiger partial charge in [-0.15, -0.1) is 11.3 Å². The van der Waals surface area contributed by atoms with Crippen LogP contribution in [0.1, 0.15) is 33.5 Å². The molecule has 130 valence electrons. The molecule has 2 aromatic heterocycles. The molecule has 0 saturated heterocycles. The van der Waals surface area contributed by atoms with Crippen molar-refractivity contribution in [1.29, 1.82) is 0 Å².